The van der Waals surface area contributed by atoms with Crippen molar-refractivity contribution in [3.63, 3.8) is 0 Å². The van der Waals surface area contributed by atoms with Crippen LogP contribution in [0.25, 0.3) is 0 Å². The molecule has 1 aromatic heterocycles. The van der Waals surface area contributed by atoms with Gasteiger partial charge in [-0.3, -0.25) is 0 Å². The van der Waals surface area contributed by atoms with E-state index in [-0.39, 0.29) is 0 Å². The molecule has 1 aromatic rings. The molecule has 15 heavy (non-hydrogen) atoms. The van der Waals surface area contributed by atoms with Crippen LogP contribution in [-0.2, 0) is 12.6 Å². The first kappa shape index (κ1) is 10.7. The molecule has 0 amide bonds. The number of rotatable bonds is 1. The normalized spacial score (nSPS) is 36.8. The molecule has 1 aliphatic rings. The second kappa shape index (κ2) is 3.63. The standard InChI is InChI=1S/C12H20N2O/c1-9-4-5-12(15,8-10(9)2)11-13-6-7-14(11)3/h6-7,9-10,15H,4-5,8H2,1-3H3. The smallest absolute Gasteiger partial charge is 0.140 e. The molecule has 84 valence electrons. The van der Waals surface area contributed by atoms with Crippen LogP contribution in [0.1, 0.15) is 38.9 Å². The molecule has 0 radical (unpaired) electrons. The summed E-state index contributed by atoms with van der Waals surface area (Å²) >= 11 is 0. The summed E-state index contributed by atoms with van der Waals surface area (Å²) in [4.78, 5) is 4.28. The molecule has 0 saturated heterocycles. The Morgan fingerprint density at radius 3 is 2.73 bits per heavy atom. The minimum Gasteiger partial charge on any atom is -0.382 e. The van der Waals surface area contributed by atoms with E-state index in [2.05, 4.69) is 18.8 Å². The summed E-state index contributed by atoms with van der Waals surface area (Å²) in [5, 5.41) is 10.6. The maximum Gasteiger partial charge on any atom is 0.140 e. The molecule has 3 unspecified atom stereocenters. The molecule has 3 nitrogen and oxygen atoms in total. The molecular weight excluding hydrogens is 188 g/mol. The van der Waals surface area contributed by atoms with E-state index in [9.17, 15) is 5.11 Å². The van der Waals surface area contributed by atoms with Gasteiger partial charge in [-0.2, -0.15) is 0 Å². The van der Waals surface area contributed by atoms with Crippen molar-refractivity contribution in [2.75, 3.05) is 0 Å². The first-order chi connectivity index (χ1) is 7.03. The lowest BCUT2D eigenvalue weighted by Gasteiger charge is -2.38. The van der Waals surface area contributed by atoms with Crippen LogP contribution in [-0.4, -0.2) is 14.7 Å². The van der Waals surface area contributed by atoms with Crippen molar-refractivity contribution >= 4 is 0 Å². The summed E-state index contributed by atoms with van der Waals surface area (Å²) in [6, 6.07) is 0. The first-order valence-corrected chi connectivity index (χ1v) is 5.73. The van der Waals surface area contributed by atoms with Gasteiger partial charge in [0, 0.05) is 19.4 Å². The lowest BCUT2D eigenvalue weighted by atomic mass is 9.73. The van der Waals surface area contributed by atoms with E-state index < -0.39 is 5.60 Å². The highest BCUT2D eigenvalue weighted by atomic mass is 16.3. The zero-order chi connectivity index (χ0) is 11.1. The minimum absolute atomic E-state index is 0.570. The third-order valence-electron chi connectivity index (χ3n) is 3.88. The van der Waals surface area contributed by atoms with E-state index in [0.717, 1.165) is 25.1 Å². The van der Waals surface area contributed by atoms with Crippen molar-refractivity contribution in [3.05, 3.63) is 18.2 Å². The molecule has 1 heterocycles. The number of imidazole rings is 1. The summed E-state index contributed by atoms with van der Waals surface area (Å²) < 4.78 is 1.93. The van der Waals surface area contributed by atoms with Gasteiger partial charge >= 0.3 is 0 Å². The highest BCUT2D eigenvalue weighted by Gasteiger charge is 2.39. The van der Waals surface area contributed by atoms with Gasteiger partial charge in [0.2, 0.25) is 0 Å². The molecule has 0 aliphatic heterocycles. The van der Waals surface area contributed by atoms with Crippen molar-refractivity contribution in [3.8, 4) is 0 Å². The maximum absolute atomic E-state index is 10.6. The van der Waals surface area contributed by atoms with E-state index in [1.165, 1.54) is 0 Å². The molecule has 0 aromatic carbocycles. The molecule has 1 saturated carbocycles. The molecule has 0 bridgehead atoms. The zero-order valence-electron chi connectivity index (χ0n) is 9.77. The Kier molecular flexibility index (Phi) is 2.59. The van der Waals surface area contributed by atoms with Crippen molar-refractivity contribution in [2.24, 2.45) is 18.9 Å². The van der Waals surface area contributed by atoms with E-state index >= 15 is 0 Å². The van der Waals surface area contributed by atoms with Gasteiger partial charge in [0.15, 0.2) is 0 Å². The monoisotopic (exact) mass is 208 g/mol. The van der Waals surface area contributed by atoms with Crippen LogP contribution in [0.5, 0.6) is 0 Å². The van der Waals surface area contributed by atoms with Crippen molar-refractivity contribution in [1.82, 2.24) is 9.55 Å². The number of aliphatic hydroxyl groups is 1. The quantitative estimate of drug-likeness (QED) is 0.767. The Bertz CT molecular complexity index is 347. The number of nitrogens with zero attached hydrogens (tertiary/aromatic N) is 2. The van der Waals surface area contributed by atoms with E-state index in [1.54, 1.807) is 6.20 Å². The van der Waals surface area contributed by atoms with E-state index in [1.807, 2.05) is 17.8 Å². The van der Waals surface area contributed by atoms with Gasteiger partial charge < -0.3 is 9.67 Å². The Hall–Kier alpha value is -0.830. The average Bonchev–Trinajstić information content (AvgIpc) is 2.59. The van der Waals surface area contributed by atoms with Gasteiger partial charge in [-0.1, -0.05) is 13.8 Å². The van der Waals surface area contributed by atoms with Crippen molar-refractivity contribution in [2.45, 2.75) is 38.7 Å². The van der Waals surface area contributed by atoms with Crippen LogP contribution in [0.2, 0.25) is 0 Å². The fraction of sp³-hybridized carbons (Fsp3) is 0.750. The Labute approximate surface area is 91.1 Å². The third-order valence-corrected chi connectivity index (χ3v) is 3.88. The van der Waals surface area contributed by atoms with Gasteiger partial charge in [0.25, 0.3) is 0 Å². The molecule has 3 heteroatoms. The Morgan fingerprint density at radius 1 is 1.47 bits per heavy atom. The summed E-state index contributed by atoms with van der Waals surface area (Å²) in [5.74, 6) is 2.10. The molecule has 3 atom stereocenters. The van der Waals surface area contributed by atoms with Crippen LogP contribution in [0, 0.1) is 11.8 Å². The van der Waals surface area contributed by atoms with Crippen molar-refractivity contribution < 1.29 is 5.11 Å². The van der Waals surface area contributed by atoms with Crippen LogP contribution in [0.4, 0.5) is 0 Å². The second-order valence-electron chi connectivity index (χ2n) is 5.09. The molecular formula is C12H20N2O. The zero-order valence-corrected chi connectivity index (χ0v) is 9.77. The molecule has 1 N–H and O–H groups in total. The van der Waals surface area contributed by atoms with Crippen LogP contribution < -0.4 is 0 Å². The van der Waals surface area contributed by atoms with Gasteiger partial charge in [0.1, 0.15) is 11.4 Å². The lowest BCUT2D eigenvalue weighted by molar-refractivity contribution is -0.0426. The van der Waals surface area contributed by atoms with E-state index in [4.69, 9.17) is 0 Å². The van der Waals surface area contributed by atoms with Gasteiger partial charge in [-0.05, 0) is 31.1 Å². The molecule has 2 rings (SSSR count). The highest BCUT2D eigenvalue weighted by Crippen LogP contribution is 2.41. The summed E-state index contributed by atoms with van der Waals surface area (Å²) in [7, 11) is 1.95. The van der Waals surface area contributed by atoms with Crippen LogP contribution >= 0.6 is 0 Å². The fourth-order valence-corrected chi connectivity index (χ4v) is 2.60. The van der Waals surface area contributed by atoms with Gasteiger partial charge in [-0.25, -0.2) is 4.98 Å². The Morgan fingerprint density at radius 2 is 2.20 bits per heavy atom. The summed E-state index contributed by atoms with van der Waals surface area (Å²) in [6.07, 6.45) is 6.42. The fourth-order valence-electron chi connectivity index (χ4n) is 2.60. The predicted molar refractivity (Wildman–Crippen MR) is 59.3 cm³/mol. The van der Waals surface area contributed by atoms with E-state index in [0.29, 0.717) is 11.8 Å². The number of hydrogen-bond donors (Lipinski definition) is 1. The topological polar surface area (TPSA) is 38.1 Å². The van der Waals surface area contributed by atoms with Gasteiger partial charge in [0.05, 0.1) is 0 Å². The second-order valence-corrected chi connectivity index (χ2v) is 5.09. The lowest BCUT2D eigenvalue weighted by Crippen LogP contribution is -2.37. The summed E-state index contributed by atoms with van der Waals surface area (Å²) in [6.45, 7) is 4.49. The molecule has 0 spiro atoms. The average molecular weight is 208 g/mol. The summed E-state index contributed by atoms with van der Waals surface area (Å²) in [5.41, 5.74) is -0.704. The SMILES string of the molecule is CC1CCC(O)(c2nccn2C)CC1C. The number of aromatic nitrogens is 2. The number of aryl methyl sites for hydroxylation is 1. The maximum atomic E-state index is 10.6. The van der Waals surface area contributed by atoms with Gasteiger partial charge in [-0.15, -0.1) is 0 Å². The minimum atomic E-state index is -0.704. The first-order valence-electron chi connectivity index (χ1n) is 5.73. The van der Waals surface area contributed by atoms with Crippen LogP contribution in [0.3, 0.4) is 0 Å². The number of hydrogen-bond acceptors (Lipinski definition) is 2. The van der Waals surface area contributed by atoms with Crippen molar-refractivity contribution in [1.29, 1.82) is 0 Å². The third kappa shape index (κ3) is 1.81. The highest BCUT2D eigenvalue weighted by molar-refractivity contribution is 5.06. The largest absolute Gasteiger partial charge is 0.382 e. The predicted octanol–water partition coefficient (Wildman–Crippen LogP) is 2.06. The molecule has 1 fully saturated rings. The Balaban J connectivity index is 2.25. The molecule has 1 aliphatic carbocycles. The van der Waals surface area contributed by atoms with Crippen LogP contribution in [0.15, 0.2) is 12.4 Å².